The van der Waals surface area contributed by atoms with E-state index in [1.54, 1.807) is 17.0 Å². The maximum Gasteiger partial charge on any atom is 0.326 e. The number of anilines is 1. The molecule has 1 aliphatic carbocycles. The molecule has 2 aliphatic rings. The molecule has 2 atom stereocenters. The molecule has 1 heterocycles. The first-order chi connectivity index (χ1) is 19.7. The molecule has 0 bridgehead atoms. The molecule has 1 N–H and O–H groups in total. The molecular weight excluding hydrogens is 543 g/mol. The Balaban J connectivity index is 2.16. The van der Waals surface area contributed by atoms with Gasteiger partial charge in [0.15, 0.2) is 0 Å². The minimum Gasteiger partial charge on any atom is -0.377 e. The SMILES string of the molecule is C=C/C(=C\C(F)=C/C)C(C(=O)NC1CCC(F)(F)CC1)N(C(=O)N1CCOCC1C(=C)C)c1ccc(C(C)(C)C)cc1. The fourth-order valence-corrected chi connectivity index (χ4v) is 5.25. The third kappa shape index (κ3) is 8.15. The molecule has 0 radical (unpaired) electrons. The van der Waals surface area contributed by atoms with Gasteiger partial charge in [-0.1, -0.05) is 63.8 Å². The Hall–Kier alpha value is -3.33. The van der Waals surface area contributed by atoms with Crippen LogP contribution in [0.4, 0.5) is 23.7 Å². The van der Waals surface area contributed by atoms with Crippen LogP contribution in [0, 0.1) is 0 Å². The lowest BCUT2D eigenvalue weighted by Crippen LogP contribution is -2.60. The quantitative estimate of drug-likeness (QED) is 0.258. The molecule has 2 unspecified atom stereocenters. The highest BCUT2D eigenvalue weighted by atomic mass is 19.3. The summed E-state index contributed by atoms with van der Waals surface area (Å²) in [5.41, 5.74) is 2.15. The van der Waals surface area contributed by atoms with Gasteiger partial charge in [-0.3, -0.25) is 9.69 Å². The molecule has 3 rings (SSSR count). The first kappa shape index (κ1) is 33.2. The highest BCUT2D eigenvalue weighted by molar-refractivity contribution is 6.02. The molecule has 6 nitrogen and oxygen atoms in total. The van der Waals surface area contributed by atoms with E-state index in [-0.39, 0.29) is 49.8 Å². The van der Waals surface area contributed by atoms with Crippen molar-refractivity contribution in [2.45, 2.75) is 89.8 Å². The molecule has 230 valence electrons. The number of morpholine rings is 1. The number of rotatable bonds is 8. The number of hydrogen-bond donors (Lipinski definition) is 1. The summed E-state index contributed by atoms with van der Waals surface area (Å²) in [6.07, 6.45) is 3.27. The number of carbonyl (C=O) groups excluding carboxylic acids is 2. The van der Waals surface area contributed by atoms with Gasteiger partial charge in [0.1, 0.15) is 11.9 Å². The largest absolute Gasteiger partial charge is 0.377 e. The van der Waals surface area contributed by atoms with Crippen LogP contribution in [0.2, 0.25) is 0 Å². The standard InChI is InChI=1S/C33H44F3N3O3/c1-8-23(20-25(34)9-2)29(30(40)37-26-14-16-33(35,36)17-15-26)39(27-12-10-24(11-13-27)32(5,6)7)31(41)38-18-19-42-21-28(38)22(3)4/h8-13,20,26,28-29H,1,3,14-19,21H2,2,4-7H3,(H,37,40)/b23-20+,25-9+. The van der Waals surface area contributed by atoms with Crippen LogP contribution in [-0.4, -0.2) is 60.6 Å². The second-order valence-corrected chi connectivity index (χ2v) is 12.1. The molecule has 0 spiro atoms. The van der Waals surface area contributed by atoms with Crippen molar-refractivity contribution < 1.29 is 27.5 Å². The number of halogens is 3. The van der Waals surface area contributed by atoms with Gasteiger partial charge in [0.05, 0.1) is 19.3 Å². The number of carbonyl (C=O) groups is 2. The maximum atomic E-state index is 14.7. The van der Waals surface area contributed by atoms with E-state index in [9.17, 15) is 22.8 Å². The van der Waals surface area contributed by atoms with Crippen molar-refractivity contribution in [1.82, 2.24) is 10.2 Å². The summed E-state index contributed by atoms with van der Waals surface area (Å²) in [7, 11) is 0. The first-order valence-electron chi connectivity index (χ1n) is 14.5. The molecule has 1 saturated carbocycles. The Kier molecular flexibility index (Phi) is 10.9. The fraction of sp³-hybridized carbons (Fsp3) is 0.515. The van der Waals surface area contributed by atoms with Crippen LogP contribution in [0.3, 0.4) is 0 Å². The van der Waals surface area contributed by atoms with E-state index in [1.807, 2.05) is 19.1 Å². The van der Waals surface area contributed by atoms with Gasteiger partial charge in [-0.05, 0) is 61.4 Å². The summed E-state index contributed by atoms with van der Waals surface area (Å²) in [4.78, 5) is 31.6. The van der Waals surface area contributed by atoms with Crippen molar-refractivity contribution in [3.63, 3.8) is 0 Å². The van der Waals surface area contributed by atoms with Crippen molar-refractivity contribution >= 4 is 17.6 Å². The van der Waals surface area contributed by atoms with Crippen molar-refractivity contribution in [1.29, 1.82) is 0 Å². The van der Waals surface area contributed by atoms with E-state index in [2.05, 4.69) is 39.2 Å². The number of hydrogen-bond acceptors (Lipinski definition) is 3. The summed E-state index contributed by atoms with van der Waals surface area (Å²) in [5, 5.41) is 2.88. The Bertz CT molecular complexity index is 1210. The second-order valence-electron chi connectivity index (χ2n) is 12.1. The van der Waals surface area contributed by atoms with Gasteiger partial charge >= 0.3 is 6.03 Å². The number of allylic oxidation sites excluding steroid dienone is 3. The molecule has 1 aromatic carbocycles. The topological polar surface area (TPSA) is 61.9 Å². The highest BCUT2D eigenvalue weighted by Crippen LogP contribution is 2.34. The average molecular weight is 588 g/mol. The summed E-state index contributed by atoms with van der Waals surface area (Å²) in [6.45, 7) is 18.2. The molecule has 3 amide bonds. The Morgan fingerprint density at radius 2 is 1.81 bits per heavy atom. The number of benzene rings is 1. The van der Waals surface area contributed by atoms with E-state index in [4.69, 9.17) is 4.74 Å². The Morgan fingerprint density at radius 1 is 1.19 bits per heavy atom. The van der Waals surface area contributed by atoms with Gasteiger partial charge in [-0.2, -0.15) is 0 Å². The van der Waals surface area contributed by atoms with Crippen molar-refractivity contribution in [2.75, 3.05) is 24.7 Å². The zero-order valence-electron chi connectivity index (χ0n) is 25.4. The highest BCUT2D eigenvalue weighted by Gasteiger charge is 2.41. The van der Waals surface area contributed by atoms with Crippen LogP contribution in [-0.2, 0) is 14.9 Å². The first-order valence-corrected chi connectivity index (χ1v) is 14.5. The maximum absolute atomic E-state index is 14.7. The number of ether oxygens (including phenoxy) is 1. The Morgan fingerprint density at radius 3 is 2.33 bits per heavy atom. The van der Waals surface area contributed by atoms with Gasteiger partial charge in [0, 0.05) is 31.1 Å². The van der Waals surface area contributed by atoms with Crippen molar-refractivity contribution in [3.8, 4) is 0 Å². The smallest absolute Gasteiger partial charge is 0.326 e. The minimum atomic E-state index is -2.77. The van der Waals surface area contributed by atoms with Crippen LogP contribution in [0.25, 0.3) is 0 Å². The third-order valence-corrected chi connectivity index (χ3v) is 7.86. The summed E-state index contributed by atoms with van der Waals surface area (Å²) in [6, 6.07) is 4.56. The number of alkyl halides is 2. The molecule has 9 heteroatoms. The summed E-state index contributed by atoms with van der Waals surface area (Å²) in [5.74, 6) is -3.98. The van der Waals surface area contributed by atoms with Crippen molar-refractivity contribution in [2.24, 2.45) is 0 Å². The van der Waals surface area contributed by atoms with Gasteiger partial charge in [-0.25, -0.2) is 18.0 Å². The molecule has 42 heavy (non-hydrogen) atoms. The summed E-state index contributed by atoms with van der Waals surface area (Å²) < 4.78 is 48.0. The van der Waals surface area contributed by atoms with Crippen LogP contribution in [0.1, 0.15) is 65.9 Å². The molecule has 0 aromatic heterocycles. The van der Waals surface area contributed by atoms with Gasteiger partial charge in [0.2, 0.25) is 11.8 Å². The lowest BCUT2D eigenvalue weighted by Gasteiger charge is -2.42. The van der Waals surface area contributed by atoms with Crippen LogP contribution < -0.4 is 10.2 Å². The minimum absolute atomic E-state index is 0.0945. The zero-order valence-corrected chi connectivity index (χ0v) is 25.4. The number of urea groups is 1. The van der Waals surface area contributed by atoms with Gasteiger partial charge in [0.25, 0.3) is 0 Å². The van der Waals surface area contributed by atoms with Gasteiger partial charge < -0.3 is 15.0 Å². The zero-order chi connectivity index (χ0) is 31.2. The monoisotopic (exact) mass is 587 g/mol. The number of nitrogens with zero attached hydrogens (tertiary/aromatic N) is 2. The van der Waals surface area contributed by atoms with E-state index >= 15 is 0 Å². The number of nitrogens with one attached hydrogen (secondary N) is 1. The molecule has 1 aliphatic heterocycles. The van der Waals surface area contributed by atoms with E-state index < -0.39 is 41.8 Å². The van der Waals surface area contributed by atoms with Crippen LogP contribution in [0.15, 0.2) is 72.6 Å². The molecular formula is C33H44F3N3O3. The third-order valence-electron chi connectivity index (χ3n) is 7.86. The van der Waals surface area contributed by atoms with E-state index in [1.165, 1.54) is 30.1 Å². The van der Waals surface area contributed by atoms with Gasteiger partial charge in [-0.15, -0.1) is 0 Å². The predicted octanol–water partition coefficient (Wildman–Crippen LogP) is 7.24. The fourth-order valence-electron chi connectivity index (χ4n) is 5.25. The second kappa shape index (κ2) is 13.8. The lowest BCUT2D eigenvalue weighted by molar-refractivity contribution is -0.123. The summed E-state index contributed by atoms with van der Waals surface area (Å²) >= 11 is 0. The lowest BCUT2D eigenvalue weighted by atomic mass is 9.87. The molecule has 2 fully saturated rings. The van der Waals surface area contributed by atoms with Crippen molar-refractivity contribution in [3.05, 3.63) is 78.2 Å². The average Bonchev–Trinajstić information content (AvgIpc) is 2.95. The molecule has 1 aromatic rings. The van der Waals surface area contributed by atoms with E-state index in [0.29, 0.717) is 12.3 Å². The Labute approximate surface area is 248 Å². The number of amides is 3. The normalized spacial score (nSPS) is 21.0. The van der Waals surface area contributed by atoms with Crippen LogP contribution in [0.5, 0.6) is 0 Å². The van der Waals surface area contributed by atoms with Crippen LogP contribution >= 0.6 is 0 Å². The van der Waals surface area contributed by atoms with E-state index in [0.717, 1.165) is 11.1 Å². The molecule has 1 saturated heterocycles. The predicted molar refractivity (Wildman–Crippen MR) is 161 cm³/mol.